The van der Waals surface area contributed by atoms with Gasteiger partial charge in [-0.3, -0.25) is 4.90 Å². The third-order valence-corrected chi connectivity index (χ3v) is 7.66. The molecule has 1 aliphatic heterocycles. The minimum atomic E-state index is -4.38. The molecule has 0 unspecified atom stereocenters. The summed E-state index contributed by atoms with van der Waals surface area (Å²) in [5.41, 5.74) is -1.16. The summed E-state index contributed by atoms with van der Waals surface area (Å²) in [6.45, 7) is 11.7. The molecule has 168 valence electrons. The zero-order valence-electron chi connectivity index (χ0n) is 18.6. The van der Waals surface area contributed by atoms with Gasteiger partial charge in [0.15, 0.2) is 0 Å². The Morgan fingerprint density at radius 2 is 1.32 bits per heavy atom. The molecule has 0 bridgehead atoms. The molecule has 0 atom stereocenters. The molecule has 3 nitrogen and oxygen atoms in total. The van der Waals surface area contributed by atoms with Gasteiger partial charge in [-0.2, -0.15) is 13.2 Å². The topological polar surface area (TPSA) is 26.7 Å². The second kappa shape index (κ2) is 7.24. The average Bonchev–Trinajstić information content (AvgIpc) is 2.73. The van der Waals surface area contributed by atoms with Crippen LogP contribution in [-0.4, -0.2) is 42.2 Å². The Labute approximate surface area is 182 Å². The average molecular weight is 433 g/mol. The Morgan fingerprint density at radius 1 is 0.806 bits per heavy atom. The van der Waals surface area contributed by atoms with E-state index < -0.39 is 28.2 Å². The fourth-order valence-corrected chi connectivity index (χ4v) is 6.48. The fraction of sp³-hybridized carbons (Fsp3) is 0.520. The zero-order valence-corrected chi connectivity index (χ0v) is 18.6. The molecule has 0 radical (unpaired) electrons. The van der Waals surface area contributed by atoms with Crippen LogP contribution in [0.4, 0.5) is 18.9 Å². The number of alkyl halides is 3. The molecule has 2 aromatic carbocycles. The van der Waals surface area contributed by atoms with Gasteiger partial charge in [0.05, 0.1) is 5.56 Å². The van der Waals surface area contributed by atoms with Crippen LogP contribution in [0.1, 0.15) is 38.8 Å². The van der Waals surface area contributed by atoms with Gasteiger partial charge < -0.3 is 10.0 Å². The first-order chi connectivity index (χ1) is 14.4. The zero-order chi connectivity index (χ0) is 22.7. The second-order valence-corrected chi connectivity index (χ2v) is 9.99. The Balaban J connectivity index is 1.54. The van der Waals surface area contributed by atoms with Gasteiger partial charge in [-0.15, -0.1) is 0 Å². The van der Waals surface area contributed by atoms with Crippen LogP contribution < -0.4 is 4.90 Å². The molecule has 2 aromatic rings. The molecule has 1 saturated heterocycles. The van der Waals surface area contributed by atoms with Crippen LogP contribution in [0.5, 0.6) is 0 Å². The van der Waals surface area contributed by atoms with Crippen molar-refractivity contribution in [2.45, 2.75) is 45.5 Å². The van der Waals surface area contributed by atoms with Crippen molar-refractivity contribution < 1.29 is 18.3 Å². The summed E-state index contributed by atoms with van der Waals surface area (Å²) in [7, 11) is 0. The van der Waals surface area contributed by atoms with E-state index in [4.69, 9.17) is 0 Å². The van der Waals surface area contributed by atoms with Gasteiger partial charge in [-0.05, 0) is 29.8 Å². The molecule has 1 aliphatic carbocycles. The summed E-state index contributed by atoms with van der Waals surface area (Å²) >= 11 is 0. The summed E-state index contributed by atoms with van der Waals surface area (Å²) in [4.78, 5) is 4.81. The van der Waals surface area contributed by atoms with E-state index in [1.165, 1.54) is 17.8 Å². The lowest BCUT2D eigenvalue weighted by Gasteiger charge is -2.72. The molecule has 1 heterocycles. The highest BCUT2D eigenvalue weighted by Crippen LogP contribution is 2.68. The number of piperazine rings is 1. The van der Waals surface area contributed by atoms with E-state index in [1.54, 1.807) is 0 Å². The number of aliphatic hydroxyl groups is 1. The van der Waals surface area contributed by atoms with E-state index in [9.17, 15) is 18.3 Å². The van der Waals surface area contributed by atoms with Crippen molar-refractivity contribution in [3.8, 4) is 0 Å². The Kier molecular flexibility index (Phi) is 5.17. The van der Waals surface area contributed by atoms with Crippen LogP contribution in [0.3, 0.4) is 0 Å². The number of benzene rings is 2. The maximum absolute atomic E-state index is 13.0. The van der Waals surface area contributed by atoms with Gasteiger partial charge in [0.2, 0.25) is 0 Å². The number of hydrogen-bond acceptors (Lipinski definition) is 3. The molecule has 0 spiro atoms. The van der Waals surface area contributed by atoms with Crippen LogP contribution >= 0.6 is 0 Å². The first kappa shape index (κ1) is 22.2. The highest BCUT2D eigenvalue weighted by atomic mass is 19.4. The molecule has 2 fully saturated rings. The van der Waals surface area contributed by atoms with E-state index in [0.717, 1.165) is 38.3 Å². The lowest BCUT2D eigenvalue weighted by Crippen LogP contribution is -2.79. The SMILES string of the molecule is CC1(C)C(N2CCN(c3ccccc3)CC2)C(C)(C)C1(O)c1ccc(C(F)(F)F)cc1. The summed E-state index contributed by atoms with van der Waals surface area (Å²) in [6.07, 6.45) is -4.38. The highest BCUT2D eigenvalue weighted by Gasteiger charge is 2.73. The van der Waals surface area contributed by atoms with E-state index in [1.807, 2.05) is 45.9 Å². The van der Waals surface area contributed by atoms with Gasteiger partial charge in [-0.25, -0.2) is 0 Å². The van der Waals surface area contributed by atoms with Crippen LogP contribution in [0.15, 0.2) is 54.6 Å². The molecule has 4 rings (SSSR count). The quantitative estimate of drug-likeness (QED) is 0.727. The first-order valence-corrected chi connectivity index (χ1v) is 10.8. The third-order valence-electron chi connectivity index (χ3n) is 7.66. The van der Waals surface area contributed by atoms with Crippen LogP contribution in [0.25, 0.3) is 0 Å². The summed E-state index contributed by atoms with van der Waals surface area (Å²) in [5.74, 6) is 0. The number of para-hydroxylation sites is 1. The fourth-order valence-electron chi connectivity index (χ4n) is 6.48. The number of rotatable bonds is 3. The molecule has 6 heteroatoms. The van der Waals surface area contributed by atoms with Gasteiger partial charge in [0.1, 0.15) is 5.60 Å². The monoisotopic (exact) mass is 432 g/mol. The maximum Gasteiger partial charge on any atom is 0.416 e. The normalized spacial score (nSPS) is 28.3. The minimum absolute atomic E-state index is 0.116. The molecule has 1 saturated carbocycles. The summed E-state index contributed by atoms with van der Waals surface area (Å²) < 4.78 is 39.0. The van der Waals surface area contributed by atoms with Crippen molar-refractivity contribution in [2.24, 2.45) is 10.8 Å². The summed E-state index contributed by atoms with van der Waals surface area (Å²) in [5, 5.41) is 11.8. The lowest BCUT2D eigenvalue weighted by atomic mass is 9.39. The molecule has 2 aliphatic rings. The van der Waals surface area contributed by atoms with Crippen LogP contribution in [-0.2, 0) is 11.8 Å². The molecule has 0 aromatic heterocycles. The van der Waals surface area contributed by atoms with E-state index in [2.05, 4.69) is 21.9 Å². The van der Waals surface area contributed by atoms with Gasteiger partial charge in [-0.1, -0.05) is 58.0 Å². The summed E-state index contributed by atoms with van der Waals surface area (Å²) in [6, 6.07) is 15.5. The van der Waals surface area contributed by atoms with Crippen molar-refractivity contribution in [2.75, 3.05) is 31.1 Å². The van der Waals surface area contributed by atoms with Crippen molar-refractivity contribution in [1.82, 2.24) is 4.90 Å². The first-order valence-electron chi connectivity index (χ1n) is 10.8. The van der Waals surface area contributed by atoms with Gasteiger partial charge in [0, 0.05) is 48.7 Å². The lowest BCUT2D eigenvalue weighted by molar-refractivity contribution is -0.307. The largest absolute Gasteiger partial charge is 0.416 e. The number of hydrogen-bond donors (Lipinski definition) is 1. The number of anilines is 1. The van der Waals surface area contributed by atoms with Crippen LogP contribution in [0.2, 0.25) is 0 Å². The Bertz CT molecular complexity index is 898. The molecule has 1 N–H and O–H groups in total. The number of halogens is 3. The van der Waals surface area contributed by atoms with Gasteiger partial charge >= 0.3 is 6.18 Å². The number of nitrogens with zero attached hydrogens (tertiary/aromatic N) is 2. The predicted octanol–water partition coefficient (Wildman–Crippen LogP) is 5.15. The Morgan fingerprint density at radius 3 is 1.81 bits per heavy atom. The van der Waals surface area contributed by atoms with Crippen molar-refractivity contribution in [3.05, 3.63) is 65.7 Å². The van der Waals surface area contributed by atoms with E-state index >= 15 is 0 Å². The van der Waals surface area contributed by atoms with Crippen molar-refractivity contribution in [1.29, 1.82) is 0 Å². The maximum atomic E-state index is 13.0. The van der Waals surface area contributed by atoms with E-state index in [0.29, 0.717) is 5.56 Å². The third kappa shape index (κ3) is 3.26. The van der Waals surface area contributed by atoms with E-state index in [-0.39, 0.29) is 6.04 Å². The molecule has 0 amide bonds. The predicted molar refractivity (Wildman–Crippen MR) is 117 cm³/mol. The van der Waals surface area contributed by atoms with Crippen LogP contribution in [0, 0.1) is 10.8 Å². The van der Waals surface area contributed by atoms with Crippen molar-refractivity contribution >= 4 is 5.69 Å². The smallest absolute Gasteiger partial charge is 0.384 e. The van der Waals surface area contributed by atoms with Gasteiger partial charge in [0.25, 0.3) is 0 Å². The van der Waals surface area contributed by atoms with Crippen molar-refractivity contribution in [3.63, 3.8) is 0 Å². The molecular formula is C25H31F3N2O. The molecular weight excluding hydrogens is 401 g/mol. The standard InChI is InChI=1S/C25H31F3N2O/c1-22(2)21(30-16-14-29(15-17-30)20-8-6-5-7-9-20)23(3,4)24(22,31)18-10-12-19(13-11-18)25(26,27)28/h5-13,21,31H,14-17H2,1-4H3. The minimum Gasteiger partial charge on any atom is -0.384 e. The second-order valence-electron chi connectivity index (χ2n) is 9.99. The Hall–Kier alpha value is -2.05. The highest BCUT2D eigenvalue weighted by molar-refractivity contribution is 5.46. The molecule has 31 heavy (non-hydrogen) atoms.